The summed E-state index contributed by atoms with van der Waals surface area (Å²) in [5.74, 6) is -0.0570. The molecule has 0 fully saturated rings. The molecule has 0 atom stereocenters. The van der Waals surface area contributed by atoms with Gasteiger partial charge in [0.15, 0.2) is 0 Å². The van der Waals surface area contributed by atoms with Crippen molar-refractivity contribution < 1.29 is 9.53 Å². The summed E-state index contributed by atoms with van der Waals surface area (Å²) in [6, 6.07) is 7.65. The Bertz CT molecular complexity index is 347. The number of amides is 1. The van der Waals surface area contributed by atoms with Gasteiger partial charge in [-0.05, 0) is 31.8 Å². The van der Waals surface area contributed by atoms with Crippen LogP contribution in [-0.4, -0.2) is 45.2 Å². The molecule has 1 N–H and O–H groups in total. The standard InChI is InChI=1S/C13H20N2O2/c1-15(2)10-11-4-6-12(7-5-11)13(16)14-8-9-17-3/h4-7H,8-10H2,1-3H3,(H,14,16). The Balaban J connectivity index is 2.52. The summed E-state index contributed by atoms with van der Waals surface area (Å²) in [5.41, 5.74) is 1.88. The fourth-order valence-electron chi connectivity index (χ4n) is 1.50. The number of rotatable bonds is 6. The molecule has 1 aromatic rings. The monoisotopic (exact) mass is 236 g/mol. The van der Waals surface area contributed by atoms with Crippen molar-refractivity contribution >= 4 is 5.91 Å². The van der Waals surface area contributed by atoms with Gasteiger partial charge in [-0.2, -0.15) is 0 Å². The average molecular weight is 236 g/mol. The van der Waals surface area contributed by atoms with Crippen LogP contribution in [0.15, 0.2) is 24.3 Å². The van der Waals surface area contributed by atoms with Crippen LogP contribution in [0.5, 0.6) is 0 Å². The lowest BCUT2D eigenvalue weighted by Gasteiger charge is -2.10. The zero-order valence-electron chi connectivity index (χ0n) is 10.7. The zero-order chi connectivity index (χ0) is 12.7. The van der Waals surface area contributed by atoms with Crippen LogP contribution in [0.4, 0.5) is 0 Å². The Morgan fingerprint density at radius 3 is 2.47 bits per heavy atom. The first-order chi connectivity index (χ1) is 8.13. The maximum Gasteiger partial charge on any atom is 0.251 e. The van der Waals surface area contributed by atoms with Crippen molar-refractivity contribution in [2.75, 3.05) is 34.4 Å². The molecule has 0 bridgehead atoms. The summed E-state index contributed by atoms with van der Waals surface area (Å²) >= 11 is 0. The van der Waals surface area contributed by atoms with Crippen LogP contribution in [-0.2, 0) is 11.3 Å². The van der Waals surface area contributed by atoms with Crippen LogP contribution in [0.25, 0.3) is 0 Å². The molecule has 0 unspecified atom stereocenters. The third-order valence-electron chi connectivity index (χ3n) is 2.31. The Hall–Kier alpha value is -1.39. The maximum absolute atomic E-state index is 11.7. The van der Waals surface area contributed by atoms with Gasteiger partial charge >= 0.3 is 0 Å². The van der Waals surface area contributed by atoms with Crippen LogP contribution in [0.1, 0.15) is 15.9 Å². The van der Waals surface area contributed by atoms with Crippen LogP contribution in [0.2, 0.25) is 0 Å². The minimum absolute atomic E-state index is 0.0570. The summed E-state index contributed by atoms with van der Waals surface area (Å²) in [7, 11) is 5.65. The molecule has 94 valence electrons. The number of carbonyl (C=O) groups is 1. The van der Waals surface area contributed by atoms with E-state index in [0.717, 1.165) is 6.54 Å². The van der Waals surface area contributed by atoms with Crippen molar-refractivity contribution in [1.29, 1.82) is 0 Å². The molecule has 0 aliphatic rings. The predicted octanol–water partition coefficient (Wildman–Crippen LogP) is 1.12. The molecular formula is C13H20N2O2. The molecule has 1 amide bonds. The number of nitrogens with zero attached hydrogens (tertiary/aromatic N) is 1. The molecule has 0 aliphatic heterocycles. The maximum atomic E-state index is 11.7. The second-order valence-corrected chi connectivity index (χ2v) is 4.18. The highest BCUT2D eigenvalue weighted by molar-refractivity contribution is 5.94. The minimum atomic E-state index is -0.0570. The molecule has 1 aromatic carbocycles. The summed E-state index contributed by atoms with van der Waals surface area (Å²) < 4.78 is 4.87. The molecule has 0 radical (unpaired) electrons. The van der Waals surface area contributed by atoms with Gasteiger partial charge in [0.2, 0.25) is 0 Å². The quantitative estimate of drug-likeness (QED) is 0.753. The van der Waals surface area contributed by atoms with E-state index in [0.29, 0.717) is 18.7 Å². The van der Waals surface area contributed by atoms with E-state index in [1.807, 2.05) is 38.4 Å². The molecule has 1 rings (SSSR count). The minimum Gasteiger partial charge on any atom is -0.383 e. The fraction of sp³-hybridized carbons (Fsp3) is 0.462. The Kier molecular flexibility index (Phi) is 5.66. The van der Waals surface area contributed by atoms with Gasteiger partial charge < -0.3 is 15.0 Å². The van der Waals surface area contributed by atoms with Crippen molar-refractivity contribution in [3.8, 4) is 0 Å². The first-order valence-electron chi connectivity index (χ1n) is 5.64. The molecule has 4 heteroatoms. The van der Waals surface area contributed by atoms with Crippen molar-refractivity contribution in [2.45, 2.75) is 6.54 Å². The molecular weight excluding hydrogens is 216 g/mol. The van der Waals surface area contributed by atoms with Gasteiger partial charge in [-0.25, -0.2) is 0 Å². The highest BCUT2D eigenvalue weighted by atomic mass is 16.5. The summed E-state index contributed by atoms with van der Waals surface area (Å²) in [5, 5.41) is 2.79. The zero-order valence-corrected chi connectivity index (χ0v) is 10.7. The second-order valence-electron chi connectivity index (χ2n) is 4.18. The van der Waals surface area contributed by atoms with E-state index in [4.69, 9.17) is 4.74 Å². The molecule has 0 spiro atoms. The van der Waals surface area contributed by atoms with Crippen LogP contribution >= 0.6 is 0 Å². The predicted molar refractivity (Wildman–Crippen MR) is 68.0 cm³/mol. The molecule has 0 aliphatic carbocycles. The van der Waals surface area contributed by atoms with E-state index in [-0.39, 0.29) is 5.91 Å². The largest absolute Gasteiger partial charge is 0.383 e. The lowest BCUT2D eigenvalue weighted by Crippen LogP contribution is -2.26. The molecule has 4 nitrogen and oxygen atoms in total. The van der Waals surface area contributed by atoms with E-state index in [9.17, 15) is 4.79 Å². The van der Waals surface area contributed by atoms with Crippen LogP contribution in [0, 0.1) is 0 Å². The van der Waals surface area contributed by atoms with E-state index in [2.05, 4.69) is 10.2 Å². The Morgan fingerprint density at radius 2 is 1.94 bits per heavy atom. The smallest absolute Gasteiger partial charge is 0.251 e. The van der Waals surface area contributed by atoms with Crippen LogP contribution in [0.3, 0.4) is 0 Å². The lowest BCUT2D eigenvalue weighted by molar-refractivity contribution is 0.0937. The number of benzene rings is 1. The highest BCUT2D eigenvalue weighted by Crippen LogP contribution is 2.05. The highest BCUT2D eigenvalue weighted by Gasteiger charge is 2.04. The van der Waals surface area contributed by atoms with Gasteiger partial charge in [-0.3, -0.25) is 4.79 Å². The summed E-state index contributed by atoms with van der Waals surface area (Å²) in [6.07, 6.45) is 0. The Labute approximate surface area is 103 Å². The number of nitrogens with one attached hydrogen (secondary N) is 1. The van der Waals surface area contributed by atoms with Crippen molar-refractivity contribution in [1.82, 2.24) is 10.2 Å². The first kappa shape index (κ1) is 13.7. The number of carbonyl (C=O) groups excluding carboxylic acids is 1. The van der Waals surface area contributed by atoms with E-state index >= 15 is 0 Å². The van der Waals surface area contributed by atoms with E-state index in [1.165, 1.54) is 5.56 Å². The van der Waals surface area contributed by atoms with Gasteiger partial charge in [0, 0.05) is 25.8 Å². The van der Waals surface area contributed by atoms with Gasteiger partial charge in [-0.15, -0.1) is 0 Å². The molecule has 17 heavy (non-hydrogen) atoms. The van der Waals surface area contributed by atoms with Crippen molar-refractivity contribution in [3.05, 3.63) is 35.4 Å². The SMILES string of the molecule is COCCNC(=O)c1ccc(CN(C)C)cc1. The number of hydrogen-bond donors (Lipinski definition) is 1. The summed E-state index contributed by atoms with van der Waals surface area (Å²) in [4.78, 5) is 13.8. The number of methoxy groups -OCH3 is 1. The van der Waals surface area contributed by atoms with E-state index < -0.39 is 0 Å². The molecule has 0 saturated carbocycles. The van der Waals surface area contributed by atoms with Gasteiger partial charge in [0.1, 0.15) is 0 Å². The third-order valence-corrected chi connectivity index (χ3v) is 2.31. The number of hydrogen-bond acceptors (Lipinski definition) is 3. The van der Waals surface area contributed by atoms with Gasteiger partial charge in [-0.1, -0.05) is 12.1 Å². The third kappa shape index (κ3) is 4.97. The first-order valence-corrected chi connectivity index (χ1v) is 5.64. The van der Waals surface area contributed by atoms with Crippen molar-refractivity contribution in [3.63, 3.8) is 0 Å². The number of ether oxygens (including phenoxy) is 1. The van der Waals surface area contributed by atoms with Gasteiger partial charge in [0.25, 0.3) is 5.91 Å². The fourth-order valence-corrected chi connectivity index (χ4v) is 1.50. The molecule has 0 saturated heterocycles. The van der Waals surface area contributed by atoms with Gasteiger partial charge in [0.05, 0.1) is 6.61 Å². The topological polar surface area (TPSA) is 41.6 Å². The lowest BCUT2D eigenvalue weighted by atomic mass is 10.1. The van der Waals surface area contributed by atoms with Crippen molar-refractivity contribution in [2.24, 2.45) is 0 Å². The summed E-state index contributed by atoms with van der Waals surface area (Å²) in [6.45, 7) is 1.95. The van der Waals surface area contributed by atoms with Crippen LogP contribution < -0.4 is 5.32 Å². The van der Waals surface area contributed by atoms with E-state index in [1.54, 1.807) is 7.11 Å². The normalized spacial score (nSPS) is 10.6. The molecule has 0 aromatic heterocycles. The average Bonchev–Trinajstić information content (AvgIpc) is 2.29. The second kappa shape index (κ2) is 7.04. The Morgan fingerprint density at radius 1 is 1.29 bits per heavy atom. The molecule has 0 heterocycles.